The lowest BCUT2D eigenvalue weighted by Crippen LogP contribution is -2.34. The Labute approximate surface area is 122 Å². The molecule has 1 aliphatic carbocycles. The molecule has 2 aliphatic rings. The van der Waals surface area contributed by atoms with Crippen molar-refractivity contribution in [2.24, 2.45) is 11.8 Å². The Morgan fingerprint density at radius 1 is 0.850 bits per heavy atom. The zero-order valence-electron chi connectivity index (χ0n) is 12.9. The molecule has 3 nitrogen and oxygen atoms in total. The monoisotopic (exact) mass is 273 g/mol. The molecule has 0 atom stereocenters. The SMILES string of the molecule is CC1CCC(c2cnc(N3CCC(C)CC3)nc2)CC1. The van der Waals surface area contributed by atoms with Crippen molar-refractivity contribution in [3.63, 3.8) is 0 Å². The van der Waals surface area contributed by atoms with Crippen LogP contribution in [0.4, 0.5) is 5.95 Å². The first-order chi connectivity index (χ1) is 9.72. The van der Waals surface area contributed by atoms with Crippen LogP contribution in [0.15, 0.2) is 12.4 Å². The van der Waals surface area contributed by atoms with E-state index in [0.717, 1.165) is 30.9 Å². The van der Waals surface area contributed by atoms with Crippen LogP contribution in [0.2, 0.25) is 0 Å². The van der Waals surface area contributed by atoms with Crippen molar-refractivity contribution in [3.05, 3.63) is 18.0 Å². The van der Waals surface area contributed by atoms with Gasteiger partial charge in [0.15, 0.2) is 0 Å². The molecule has 1 saturated carbocycles. The summed E-state index contributed by atoms with van der Waals surface area (Å²) in [5, 5.41) is 0. The average molecular weight is 273 g/mol. The Kier molecular flexibility index (Phi) is 4.23. The minimum atomic E-state index is 0.696. The molecule has 1 aromatic heterocycles. The number of piperidine rings is 1. The van der Waals surface area contributed by atoms with E-state index in [4.69, 9.17) is 0 Å². The van der Waals surface area contributed by atoms with Gasteiger partial charge in [-0.25, -0.2) is 9.97 Å². The van der Waals surface area contributed by atoms with Gasteiger partial charge in [0.1, 0.15) is 0 Å². The Balaban J connectivity index is 1.62. The van der Waals surface area contributed by atoms with Crippen molar-refractivity contribution in [2.75, 3.05) is 18.0 Å². The smallest absolute Gasteiger partial charge is 0.225 e. The Morgan fingerprint density at radius 3 is 2.00 bits per heavy atom. The molecular formula is C17H27N3. The number of hydrogen-bond acceptors (Lipinski definition) is 3. The van der Waals surface area contributed by atoms with Gasteiger partial charge in [0, 0.05) is 25.5 Å². The fourth-order valence-electron chi connectivity index (χ4n) is 3.51. The van der Waals surface area contributed by atoms with Gasteiger partial charge in [-0.1, -0.05) is 26.7 Å². The van der Waals surface area contributed by atoms with Crippen LogP contribution in [-0.4, -0.2) is 23.1 Å². The van der Waals surface area contributed by atoms with Crippen molar-refractivity contribution >= 4 is 5.95 Å². The van der Waals surface area contributed by atoms with Crippen molar-refractivity contribution in [1.29, 1.82) is 0 Å². The largest absolute Gasteiger partial charge is 0.341 e. The molecule has 0 spiro atoms. The fourth-order valence-corrected chi connectivity index (χ4v) is 3.51. The predicted octanol–water partition coefficient (Wildman–Crippen LogP) is 4.01. The first kappa shape index (κ1) is 13.8. The molecule has 3 heteroatoms. The van der Waals surface area contributed by atoms with Gasteiger partial charge in [0.2, 0.25) is 5.95 Å². The standard InChI is InChI=1S/C17H27N3/c1-13-3-5-15(6-4-13)16-11-18-17(19-12-16)20-9-7-14(2)8-10-20/h11-15H,3-10H2,1-2H3. The summed E-state index contributed by atoms with van der Waals surface area (Å²) in [7, 11) is 0. The van der Waals surface area contributed by atoms with Crippen LogP contribution in [0.5, 0.6) is 0 Å². The van der Waals surface area contributed by atoms with E-state index in [2.05, 4.69) is 41.1 Å². The minimum absolute atomic E-state index is 0.696. The van der Waals surface area contributed by atoms with Crippen LogP contribution in [-0.2, 0) is 0 Å². The molecular weight excluding hydrogens is 246 g/mol. The van der Waals surface area contributed by atoms with Gasteiger partial charge in [-0.2, -0.15) is 0 Å². The minimum Gasteiger partial charge on any atom is -0.341 e. The van der Waals surface area contributed by atoms with Crippen LogP contribution < -0.4 is 4.90 Å². The van der Waals surface area contributed by atoms with Gasteiger partial charge in [-0.15, -0.1) is 0 Å². The second-order valence-electron chi connectivity index (χ2n) is 6.94. The van der Waals surface area contributed by atoms with Crippen molar-refractivity contribution in [3.8, 4) is 0 Å². The molecule has 1 aromatic rings. The van der Waals surface area contributed by atoms with Gasteiger partial charge in [-0.3, -0.25) is 0 Å². The topological polar surface area (TPSA) is 29.0 Å². The molecule has 0 unspecified atom stereocenters. The number of nitrogens with zero attached hydrogens (tertiary/aromatic N) is 3. The van der Waals surface area contributed by atoms with E-state index in [1.54, 1.807) is 0 Å². The summed E-state index contributed by atoms with van der Waals surface area (Å²) in [6.45, 7) is 6.93. The molecule has 2 fully saturated rings. The first-order valence-corrected chi connectivity index (χ1v) is 8.29. The maximum atomic E-state index is 4.64. The maximum absolute atomic E-state index is 4.64. The third kappa shape index (κ3) is 3.13. The molecule has 110 valence electrons. The molecule has 0 aromatic carbocycles. The molecule has 1 saturated heterocycles. The Hall–Kier alpha value is -1.12. The molecule has 20 heavy (non-hydrogen) atoms. The summed E-state index contributed by atoms with van der Waals surface area (Å²) in [6, 6.07) is 0. The van der Waals surface area contributed by atoms with Crippen LogP contribution in [0.25, 0.3) is 0 Å². The van der Waals surface area contributed by atoms with E-state index in [-0.39, 0.29) is 0 Å². The highest BCUT2D eigenvalue weighted by Crippen LogP contribution is 2.35. The zero-order chi connectivity index (χ0) is 13.9. The van der Waals surface area contributed by atoms with Crippen LogP contribution in [0.1, 0.15) is 63.9 Å². The predicted molar refractivity (Wildman–Crippen MR) is 83.0 cm³/mol. The van der Waals surface area contributed by atoms with Crippen molar-refractivity contribution in [1.82, 2.24) is 9.97 Å². The molecule has 2 heterocycles. The normalized spacial score (nSPS) is 28.6. The van der Waals surface area contributed by atoms with E-state index in [0.29, 0.717) is 5.92 Å². The third-order valence-electron chi connectivity index (χ3n) is 5.21. The van der Waals surface area contributed by atoms with E-state index in [9.17, 15) is 0 Å². The van der Waals surface area contributed by atoms with Gasteiger partial charge >= 0.3 is 0 Å². The van der Waals surface area contributed by atoms with Gasteiger partial charge < -0.3 is 4.90 Å². The van der Waals surface area contributed by atoms with Crippen molar-refractivity contribution < 1.29 is 0 Å². The summed E-state index contributed by atoms with van der Waals surface area (Å²) in [5.74, 6) is 3.39. The van der Waals surface area contributed by atoms with Crippen LogP contribution in [0, 0.1) is 11.8 Å². The van der Waals surface area contributed by atoms with Gasteiger partial charge in [0.05, 0.1) is 0 Å². The van der Waals surface area contributed by atoms with Crippen LogP contribution in [0.3, 0.4) is 0 Å². The molecule has 0 bridgehead atoms. The van der Waals surface area contributed by atoms with E-state index in [1.807, 2.05) is 0 Å². The van der Waals surface area contributed by atoms with E-state index in [1.165, 1.54) is 44.1 Å². The highest BCUT2D eigenvalue weighted by atomic mass is 15.2. The number of rotatable bonds is 2. The van der Waals surface area contributed by atoms with E-state index < -0.39 is 0 Å². The molecule has 1 aliphatic heterocycles. The highest BCUT2D eigenvalue weighted by molar-refractivity contribution is 5.31. The maximum Gasteiger partial charge on any atom is 0.225 e. The second-order valence-corrected chi connectivity index (χ2v) is 6.94. The summed E-state index contributed by atoms with van der Waals surface area (Å²) in [4.78, 5) is 11.6. The highest BCUT2D eigenvalue weighted by Gasteiger charge is 2.21. The van der Waals surface area contributed by atoms with Gasteiger partial charge in [0.25, 0.3) is 0 Å². The Bertz CT molecular complexity index is 371. The lowest BCUT2D eigenvalue weighted by atomic mass is 9.80. The van der Waals surface area contributed by atoms with Crippen molar-refractivity contribution in [2.45, 2.75) is 58.3 Å². The summed E-state index contributed by atoms with van der Waals surface area (Å²) >= 11 is 0. The first-order valence-electron chi connectivity index (χ1n) is 8.29. The summed E-state index contributed by atoms with van der Waals surface area (Å²) < 4.78 is 0. The number of hydrogen-bond donors (Lipinski definition) is 0. The van der Waals surface area contributed by atoms with Crippen LogP contribution >= 0.6 is 0 Å². The number of aromatic nitrogens is 2. The zero-order valence-corrected chi connectivity index (χ0v) is 12.9. The molecule has 0 N–H and O–H groups in total. The molecule has 3 rings (SSSR count). The lowest BCUT2D eigenvalue weighted by Gasteiger charge is -2.30. The lowest BCUT2D eigenvalue weighted by molar-refractivity contribution is 0.347. The second kappa shape index (κ2) is 6.11. The number of anilines is 1. The van der Waals surface area contributed by atoms with Gasteiger partial charge in [-0.05, 0) is 49.0 Å². The molecule has 0 radical (unpaired) electrons. The fraction of sp³-hybridized carbons (Fsp3) is 0.765. The molecule has 0 amide bonds. The van der Waals surface area contributed by atoms with E-state index >= 15 is 0 Å². The Morgan fingerprint density at radius 2 is 1.40 bits per heavy atom. The summed E-state index contributed by atoms with van der Waals surface area (Å²) in [5.41, 5.74) is 1.35. The average Bonchev–Trinajstić information content (AvgIpc) is 2.49. The summed E-state index contributed by atoms with van der Waals surface area (Å²) in [6.07, 6.45) is 12.0. The quantitative estimate of drug-likeness (QED) is 0.815. The third-order valence-corrected chi connectivity index (χ3v) is 5.21.